The van der Waals surface area contributed by atoms with Crippen molar-refractivity contribution >= 4 is 5.91 Å². The molecule has 0 spiro atoms. The Hall–Kier alpha value is -1.40. The van der Waals surface area contributed by atoms with E-state index in [0.717, 1.165) is 5.82 Å². The van der Waals surface area contributed by atoms with Crippen LogP contribution in [-0.2, 0) is 4.79 Å². The van der Waals surface area contributed by atoms with E-state index in [1.54, 1.807) is 12.4 Å². The van der Waals surface area contributed by atoms with Crippen molar-refractivity contribution in [1.29, 1.82) is 0 Å². The van der Waals surface area contributed by atoms with Crippen molar-refractivity contribution in [1.82, 2.24) is 20.6 Å². The molecule has 2 rings (SSSR count). The van der Waals surface area contributed by atoms with Gasteiger partial charge in [-0.3, -0.25) is 4.79 Å². The number of aromatic amines is 1. The number of H-pyrrole nitrogens is 1. The van der Waals surface area contributed by atoms with Gasteiger partial charge >= 0.3 is 0 Å². The molecular weight excluding hydrogens is 208 g/mol. The first kappa shape index (κ1) is 11.1. The highest BCUT2D eigenvalue weighted by atomic mass is 16.3. The molecule has 1 aliphatic rings. The van der Waals surface area contributed by atoms with Gasteiger partial charge in [0.05, 0.1) is 18.2 Å². The van der Waals surface area contributed by atoms with Crippen LogP contribution in [0.25, 0.3) is 0 Å². The molecule has 3 atom stereocenters. The molecule has 88 valence electrons. The van der Waals surface area contributed by atoms with Crippen LogP contribution in [0.4, 0.5) is 0 Å². The molecule has 0 aliphatic carbocycles. The Kier molecular flexibility index (Phi) is 3.21. The van der Waals surface area contributed by atoms with Crippen LogP contribution >= 0.6 is 0 Å². The summed E-state index contributed by atoms with van der Waals surface area (Å²) in [4.78, 5) is 18.8. The van der Waals surface area contributed by atoms with E-state index in [1.807, 2.05) is 6.92 Å². The number of carbonyl (C=O) groups excluding carboxylic acids is 1. The summed E-state index contributed by atoms with van der Waals surface area (Å²) in [6.07, 6.45) is 3.41. The Morgan fingerprint density at radius 3 is 3.12 bits per heavy atom. The zero-order valence-corrected chi connectivity index (χ0v) is 9.10. The van der Waals surface area contributed by atoms with Crippen molar-refractivity contribution in [3.63, 3.8) is 0 Å². The number of nitrogens with zero attached hydrogens (tertiary/aromatic N) is 1. The van der Waals surface area contributed by atoms with Crippen molar-refractivity contribution in [3.05, 3.63) is 18.2 Å². The molecule has 16 heavy (non-hydrogen) atoms. The highest BCUT2D eigenvalue weighted by Gasteiger charge is 2.28. The third kappa shape index (κ3) is 2.40. The quantitative estimate of drug-likeness (QED) is 0.547. The molecule has 0 saturated carbocycles. The monoisotopic (exact) mass is 224 g/mol. The van der Waals surface area contributed by atoms with Crippen molar-refractivity contribution in [2.24, 2.45) is 0 Å². The minimum absolute atomic E-state index is 0.0968. The standard InChI is InChI=1S/C10H16N4O2/c1-6(9-11-2-3-12-9)14-10(16)8-4-7(15)5-13-8/h2-3,6-8,13,15H,4-5H2,1H3,(H,11,12)(H,14,16). The molecule has 0 aromatic carbocycles. The predicted molar refractivity (Wildman–Crippen MR) is 57.6 cm³/mol. The first-order valence-electron chi connectivity index (χ1n) is 5.38. The van der Waals surface area contributed by atoms with Crippen LogP contribution in [0, 0.1) is 0 Å². The van der Waals surface area contributed by atoms with Crippen LogP contribution in [0.2, 0.25) is 0 Å². The summed E-state index contributed by atoms with van der Waals surface area (Å²) in [5.74, 6) is 0.632. The highest BCUT2D eigenvalue weighted by molar-refractivity contribution is 5.82. The van der Waals surface area contributed by atoms with E-state index in [1.165, 1.54) is 0 Å². The fraction of sp³-hybridized carbons (Fsp3) is 0.600. The number of carbonyl (C=O) groups is 1. The SMILES string of the molecule is CC(NC(=O)C1CC(O)CN1)c1ncc[nH]1. The predicted octanol–water partition coefficient (Wildman–Crippen LogP) is -0.690. The summed E-state index contributed by atoms with van der Waals surface area (Å²) in [5, 5.41) is 15.1. The molecule has 2 heterocycles. The van der Waals surface area contributed by atoms with Crippen LogP contribution in [0.1, 0.15) is 25.2 Å². The lowest BCUT2D eigenvalue weighted by atomic mass is 10.2. The van der Waals surface area contributed by atoms with E-state index in [-0.39, 0.29) is 18.0 Å². The minimum Gasteiger partial charge on any atom is -0.392 e. The zero-order valence-electron chi connectivity index (χ0n) is 9.10. The fourth-order valence-corrected chi connectivity index (χ4v) is 1.81. The molecule has 6 heteroatoms. The average molecular weight is 224 g/mol. The maximum absolute atomic E-state index is 11.8. The molecule has 4 N–H and O–H groups in total. The molecule has 6 nitrogen and oxygen atoms in total. The van der Waals surface area contributed by atoms with Gasteiger partial charge < -0.3 is 20.7 Å². The Balaban J connectivity index is 1.88. The molecule has 0 bridgehead atoms. The number of imidazole rings is 1. The lowest BCUT2D eigenvalue weighted by Crippen LogP contribution is -2.41. The fourth-order valence-electron chi connectivity index (χ4n) is 1.81. The lowest BCUT2D eigenvalue weighted by molar-refractivity contribution is -0.123. The topological polar surface area (TPSA) is 90.0 Å². The second-order valence-corrected chi connectivity index (χ2v) is 4.06. The van der Waals surface area contributed by atoms with Gasteiger partial charge in [-0.25, -0.2) is 4.98 Å². The van der Waals surface area contributed by atoms with Gasteiger partial charge in [0.15, 0.2) is 0 Å². The first-order valence-corrected chi connectivity index (χ1v) is 5.38. The largest absolute Gasteiger partial charge is 0.392 e. The smallest absolute Gasteiger partial charge is 0.237 e. The van der Waals surface area contributed by atoms with Gasteiger partial charge in [-0.1, -0.05) is 0 Å². The van der Waals surface area contributed by atoms with Crippen molar-refractivity contribution < 1.29 is 9.90 Å². The van der Waals surface area contributed by atoms with Gasteiger partial charge in [0, 0.05) is 18.9 Å². The van der Waals surface area contributed by atoms with Crippen LogP contribution in [0.5, 0.6) is 0 Å². The summed E-state index contributed by atoms with van der Waals surface area (Å²) >= 11 is 0. The number of aliphatic hydroxyl groups excluding tert-OH is 1. The lowest BCUT2D eigenvalue weighted by Gasteiger charge is -2.15. The van der Waals surface area contributed by atoms with Crippen LogP contribution in [-0.4, -0.2) is 39.7 Å². The Morgan fingerprint density at radius 1 is 1.75 bits per heavy atom. The number of aromatic nitrogens is 2. The molecule has 1 aromatic rings. The van der Waals surface area contributed by atoms with Crippen LogP contribution in [0.15, 0.2) is 12.4 Å². The summed E-state index contributed by atoms with van der Waals surface area (Å²) in [5.41, 5.74) is 0. The van der Waals surface area contributed by atoms with Gasteiger partial charge in [0.1, 0.15) is 5.82 Å². The second kappa shape index (κ2) is 4.63. The van der Waals surface area contributed by atoms with Crippen molar-refractivity contribution in [2.75, 3.05) is 6.54 Å². The minimum atomic E-state index is -0.422. The zero-order chi connectivity index (χ0) is 11.5. The Labute approximate surface area is 93.5 Å². The van der Waals surface area contributed by atoms with E-state index in [2.05, 4.69) is 20.6 Å². The summed E-state index contributed by atoms with van der Waals surface area (Å²) in [6, 6.07) is -0.450. The van der Waals surface area contributed by atoms with Crippen LogP contribution < -0.4 is 10.6 Å². The van der Waals surface area contributed by atoms with Gasteiger partial charge in [-0.2, -0.15) is 0 Å². The second-order valence-electron chi connectivity index (χ2n) is 4.06. The van der Waals surface area contributed by atoms with Crippen LogP contribution in [0.3, 0.4) is 0 Å². The number of hydrogen-bond donors (Lipinski definition) is 4. The maximum atomic E-state index is 11.8. The summed E-state index contributed by atoms with van der Waals surface area (Å²) in [6.45, 7) is 2.34. The number of β-amino-alcohol motifs (C(OH)–C–C–N with tert-alkyl or cyclic N) is 1. The third-order valence-corrected chi connectivity index (χ3v) is 2.71. The molecule has 1 amide bonds. The van der Waals surface area contributed by atoms with Crippen molar-refractivity contribution in [2.45, 2.75) is 31.5 Å². The van der Waals surface area contributed by atoms with Gasteiger partial charge in [-0.15, -0.1) is 0 Å². The van der Waals surface area contributed by atoms with Crippen molar-refractivity contribution in [3.8, 4) is 0 Å². The number of aliphatic hydroxyl groups is 1. The number of nitrogens with one attached hydrogen (secondary N) is 3. The number of hydrogen-bond acceptors (Lipinski definition) is 4. The Bertz CT molecular complexity index is 352. The molecular formula is C10H16N4O2. The van der Waals surface area contributed by atoms with Gasteiger partial charge in [-0.05, 0) is 13.3 Å². The maximum Gasteiger partial charge on any atom is 0.237 e. The van der Waals surface area contributed by atoms with E-state index < -0.39 is 6.10 Å². The third-order valence-electron chi connectivity index (χ3n) is 2.71. The van der Waals surface area contributed by atoms with E-state index in [9.17, 15) is 9.90 Å². The van der Waals surface area contributed by atoms with E-state index >= 15 is 0 Å². The Morgan fingerprint density at radius 2 is 2.56 bits per heavy atom. The molecule has 1 aromatic heterocycles. The normalized spacial score (nSPS) is 26.6. The number of rotatable bonds is 3. The molecule has 1 saturated heterocycles. The first-order chi connectivity index (χ1) is 7.66. The van der Waals surface area contributed by atoms with Gasteiger partial charge in [0.2, 0.25) is 5.91 Å². The average Bonchev–Trinajstić information content (AvgIpc) is 2.87. The molecule has 3 unspecified atom stereocenters. The number of amides is 1. The molecule has 0 radical (unpaired) electrons. The summed E-state index contributed by atoms with van der Waals surface area (Å²) < 4.78 is 0. The summed E-state index contributed by atoms with van der Waals surface area (Å²) in [7, 11) is 0. The van der Waals surface area contributed by atoms with Gasteiger partial charge in [0.25, 0.3) is 0 Å². The molecule has 1 aliphatic heterocycles. The van der Waals surface area contributed by atoms with E-state index in [0.29, 0.717) is 13.0 Å². The highest BCUT2D eigenvalue weighted by Crippen LogP contribution is 2.10. The molecule has 1 fully saturated rings. The van der Waals surface area contributed by atoms with E-state index in [4.69, 9.17) is 0 Å².